The van der Waals surface area contributed by atoms with Crippen LogP contribution < -0.4 is 10.3 Å². The van der Waals surface area contributed by atoms with Crippen LogP contribution in [0.4, 0.5) is 18.9 Å². The van der Waals surface area contributed by atoms with Crippen molar-refractivity contribution < 1.29 is 27.8 Å². The van der Waals surface area contributed by atoms with Gasteiger partial charge >= 0.3 is 5.97 Å². The number of rotatable bonds is 3. The summed E-state index contributed by atoms with van der Waals surface area (Å²) in [6.45, 7) is 1.10. The van der Waals surface area contributed by atoms with Crippen LogP contribution in [0, 0.1) is 17.5 Å². The predicted octanol–water partition coefficient (Wildman–Crippen LogP) is 2.94. The van der Waals surface area contributed by atoms with Gasteiger partial charge in [-0.3, -0.25) is 4.79 Å². The van der Waals surface area contributed by atoms with Gasteiger partial charge in [-0.05, 0) is 30.3 Å². The van der Waals surface area contributed by atoms with E-state index < -0.39 is 39.8 Å². The first kappa shape index (κ1) is 19.0. The fourth-order valence-corrected chi connectivity index (χ4v) is 3.44. The number of morpholine rings is 1. The number of halogens is 3. The largest absolute Gasteiger partial charge is 0.477 e. The van der Waals surface area contributed by atoms with Crippen LogP contribution in [0.15, 0.2) is 41.3 Å². The number of aromatic nitrogens is 1. The lowest BCUT2D eigenvalue weighted by atomic mass is 10.1. The lowest BCUT2D eigenvalue weighted by Crippen LogP contribution is -2.37. The molecule has 1 aromatic heterocycles. The summed E-state index contributed by atoms with van der Waals surface area (Å²) in [4.78, 5) is 25.6. The minimum absolute atomic E-state index is 0.220. The number of pyridine rings is 1. The minimum Gasteiger partial charge on any atom is -0.477 e. The first-order valence-corrected chi connectivity index (χ1v) is 8.78. The Bertz CT molecular complexity index is 1170. The van der Waals surface area contributed by atoms with Crippen LogP contribution in [0.5, 0.6) is 0 Å². The fourth-order valence-electron chi connectivity index (χ4n) is 3.44. The van der Waals surface area contributed by atoms with Crippen molar-refractivity contribution in [3.05, 3.63) is 69.8 Å². The predicted molar refractivity (Wildman–Crippen MR) is 99.4 cm³/mol. The van der Waals surface area contributed by atoms with E-state index in [4.69, 9.17) is 4.74 Å². The topological polar surface area (TPSA) is 71.8 Å². The van der Waals surface area contributed by atoms with Crippen molar-refractivity contribution in [3.63, 3.8) is 0 Å². The van der Waals surface area contributed by atoms with Crippen molar-refractivity contribution in [1.29, 1.82) is 0 Å². The molecule has 1 saturated heterocycles. The highest BCUT2D eigenvalue weighted by Crippen LogP contribution is 2.32. The summed E-state index contributed by atoms with van der Waals surface area (Å²) in [5, 5.41) is 8.94. The second-order valence-corrected chi connectivity index (χ2v) is 6.54. The van der Waals surface area contributed by atoms with Crippen LogP contribution in [-0.2, 0) is 4.74 Å². The quantitative estimate of drug-likeness (QED) is 0.727. The van der Waals surface area contributed by atoms with Crippen LogP contribution in [0.1, 0.15) is 10.4 Å². The molecule has 1 fully saturated rings. The third kappa shape index (κ3) is 3.23. The first-order valence-electron chi connectivity index (χ1n) is 8.78. The molecule has 0 bridgehead atoms. The van der Waals surface area contributed by atoms with Gasteiger partial charge in [0.05, 0.1) is 24.1 Å². The van der Waals surface area contributed by atoms with Gasteiger partial charge in [0.15, 0.2) is 5.82 Å². The number of hydrogen-bond acceptors (Lipinski definition) is 4. The second-order valence-electron chi connectivity index (χ2n) is 6.54. The molecule has 0 saturated carbocycles. The fraction of sp³-hybridized carbons (Fsp3) is 0.200. The molecule has 0 aliphatic carbocycles. The molecule has 4 rings (SSSR count). The van der Waals surface area contributed by atoms with Crippen molar-refractivity contribution in [1.82, 2.24) is 4.57 Å². The van der Waals surface area contributed by atoms with Crippen molar-refractivity contribution in [2.45, 2.75) is 0 Å². The van der Waals surface area contributed by atoms with Crippen molar-refractivity contribution in [3.8, 4) is 5.69 Å². The van der Waals surface area contributed by atoms with E-state index >= 15 is 4.39 Å². The first-order chi connectivity index (χ1) is 13.9. The maximum atomic E-state index is 15.5. The average molecular weight is 404 g/mol. The lowest BCUT2D eigenvalue weighted by molar-refractivity contribution is 0.0695. The molecule has 0 amide bonds. The normalized spacial score (nSPS) is 14.4. The van der Waals surface area contributed by atoms with E-state index in [2.05, 4.69) is 0 Å². The van der Waals surface area contributed by atoms with Gasteiger partial charge in [0.1, 0.15) is 22.9 Å². The molecule has 1 N–H and O–H groups in total. The Balaban J connectivity index is 2.08. The maximum Gasteiger partial charge on any atom is 0.341 e. The number of fused-ring (bicyclic) bond motifs is 1. The van der Waals surface area contributed by atoms with Gasteiger partial charge in [0.25, 0.3) is 0 Å². The number of nitrogens with zero attached hydrogens (tertiary/aromatic N) is 2. The van der Waals surface area contributed by atoms with Crippen molar-refractivity contribution >= 4 is 22.6 Å². The number of hydrogen-bond donors (Lipinski definition) is 1. The average Bonchev–Trinajstić information content (AvgIpc) is 2.70. The zero-order valence-electron chi connectivity index (χ0n) is 15.0. The Morgan fingerprint density at radius 3 is 2.34 bits per heavy atom. The molecule has 1 aliphatic heterocycles. The van der Waals surface area contributed by atoms with Crippen LogP contribution in [0.3, 0.4) is 0 Å². The molecule has 0 radical (unpaired) electrons. The third-order valence-electron chi connectivity index (χ3n) is 4.82. The number of benzene rings is 2. The molecule has 2 heterocycles. The number of carbonyl (C=O) groups is 1. The summed E-state index contributed by atoms with van der Waals surface area (Å²) in [5.41, 5.74) is -2.04. The molecular weight excluding hydrogens is 389 g/mol. The molecule has 3 aromatic rings. The van der Waals surface area contributed by atoms with Gasteiger partial charge < -0.3 is 19.3 Å². The maximum absolute atomic E-state index is 15.5. The lowest BCUT2D eigenvalue weighted by Gasteiger charge is -2.30. The van der Waals surface area contributed by atoms with Gasteiger partial charge in [0, 0.05) is 25.0 Å². The smallest absolute Gasteiger partial charge is 0.341 e. The minimum atomic E-state index is -1.54. The van der Waals surface area contributed by atoms with E-state index in [0.29, 0.717) is 13.2 Å². The van der Waals surface area contributed by atoms with Gasteiger partial charge in [-0.2, -0.15) is 0 Å². The number of aromatic carboxylic acids is 1. The Labute approximate surface area is 162 Å². The Morgan fingerprint density at radius 1 is 1.07 bits per heavy atom. The molecular formula is C20H15F3N2O4. The standard InChI is InChI=1S/C20H15F3N2O4/c21-11-1-3-12(4-2-11)25-10-14(20(27)28)19(26)13-9-15(22)18(16(23)17(13)25)24-5-7-29-8-6-24/h1-4,9-10H,5-8H2,(H,27,28). The highest BCUT2D eigenvalue weighted by Gasteiger charge is 2.26. The van der Waals surface area contributed by atoms with Crippen LogP contribution in [-0.4, -0.2) is 41.9 Å². The highest BCUT2D eigenvalue weighted by molar-refractivity contribution is 5.94. The van der Waals surface area contributed by atoms with E-state index in [0.717, 1.165) is 29.0 Å². The summed E-state index contributed by atoms with van der Waals surface area (Å²) in [5.74, 6) is -4.05. The molecule has 2 aromatic carbocycles. The summed E-state index contributed by atoms with van der Waals surface area (Å²) in [6.07, 6.45) is 0.963. The Hall–Kier alpha value is -3.33. The summed E-state index contributed by atoms with van der Waals surface area (Å²) in [6, 6.07) is 5.69. The van der Waals surface area contributed by atoms with Gasteiger partial charge in [-0.15, -0.1) is 0 Å². The van der Waals surface area contributed by atoms with Crippen LogP contribution in [0.2, 0.25) is 0 Å². The van der Waals surface area contributed by atoms with Gasteiger partial charge in [-0.1, -0.05) is 0 Å². The summed E-state index contributed by atoms with van der Waals surface area (Å²) < 4.78 is 50.0. The van der Waals surface area contributed by atoms with Crippen LogP contribution in [0.25, 0.3) is 16.6 Å². The molecule has 0 unspecified atom stereocenters. The van der Waals surface area contributed by atoms with E-state index in [1.54, 1.807) is 0 Å². The molecule has 9 heteroatoms. The molecule has 0 spiro atoms. The van der Waals surface area contributed by atoms with E-state index in [-0.39, 0.29) is 30.0 Å². The Morgan fingerprint density at radius 2 is 1.72 bits per heavy atom. The van der Waals surface area contributed by atoms with E-state index in [9.17, 15) is 23.5 Å². The zero-order valence-corrected chi connectivity index (χ0v) is 15.0. The van der Waals surface area contributed by atoms with Crippen molar-refractivity contribution in [2.75, 3.05) is 31.2 Å². The molecule has 29 heavy (non-hydrogen) atoms. The molecule has 6 nitrogen and oxygen atoms in total. The second kappa shape index (κ2) is 7.25. The number of ether oxygens (including phenoxy) is 1. The summed E-state index contributed by atoms with van der Waals surface area (Å²) >= 11 is 0. The SMILES string of the molecule is O=C(O)c1cn(-c2ccc(F)cc2)c2c(F)c(N3CCOCC3)c(F)cc2c1=O. The molecule has 150 valence electrons. The molecule has 1 aliphatic rings. The number of carboxylic acid groups (broad SMARTS) is 1. The molecule has 0 atom stereocenters. The van der Waals surface area contributed by atoms with Crippen molar-refractivity contribution in [2.24, 2.45) is 0 Å². The zero-order chi connectivity index (χ0) is 20.7. The van der Waals surface area contributed by atoms with Gasteiger partial charge in [0.2, 0.25) is 5.43 Å². The number of carboxylic acids is 1. The monoisotopic (exact) mass is 404 g/mol. The van der Waals surface area contributed by atoms with E-state index in [1.807, 2.05) is 0 Å². The summed E-state index contributed by atoms with van der Waals surface area (Å²) in [7, 11) is 0. The highest BCUT2D eigenvalue weighted by atomic mass is 19.1. The van der Waals surface area contributed by atoms with Crippen LogP contribution >= 0.6 is 0 Å². The van der Waals surface area contributed by atoms with Gasteiger partial charge in [-0.25, -0.2) is 18.0 Å². The number of anilines is 1. The Kier molecular flexibility index (Phi) is 4.75. The third-order valence-corrected chi connectivity index (χ3v) is 4.82. The van der Waals surface area contributed by atoms with E-state index in [1.165, 1.54) is 17.0 Å².